The van der Waals surface area contributed by atoms with E-state index in [9.17, 15) is 9.18 Å². The highest BCUT2D eigenvalue weighted by atomic mass is 19.1. The highest BCUT2D eigenvalue weighted by Crippen LogP contribution is 2.36. The fourth-order valence-corrected chi connectivity index (χ4v) is 8.07. The molecule has 0 saturated carbocycles. The molecule has 306 valence electrons. The van der Waals surface area contributed by atoms with E-state index >= 15 is 0 Å². The first-order chi connectivity index (χ1) is 27.7. The summed E-state index contributed by atoms with van der Waals surface area (Å²) < 4.78 is 44.5. The molecule has 7 rings (SSSR count). The van der Waals surface area contributed by atoms with Crippen LogP contribution >= 0.6 is 0 Å². The van der Waals surface area contributed by atoms with Gasteiger partial charge >= 0.3 is 5.97 Å². The van der Waals surface area contributed by atoms with Crippen molar-refractivity contribution in [2.45, 2.75) is 50.6 Å². The van der Waals surface area contributed by atoms with Gasteiger partial charge in [0.15, 0.2) is 0 Å². The van der Waals surface area contributed by atoms with Crippen LogP contribution in [-0.2, 0) is 30.4 Å². The predicted molar refractivity (Wildman–Crippen MR) is 210 cm³/mol. The van der Waals surface area contributed by atoms with Crippen molar-refractivity contribution in [2.24, 2.45) is 11.8 Å². The number of nitrogens with zero attached hydrogens (tertiary/aromatic N) is 3. The van der Waals surface area contributed by atoms with Crippen molar-refractivity contribution in [3.05, 3.63) is 107 Å². The third-order valence-corrected chi connectivity index (χ3v) is 11.1. The van der Waals surface area contributed by atoms with Gasteiger partial charge in [0.1, 0.15) is 36.1 Å². The van der Waals surface area contributed by atoms with E-state index in [0.29, 0.717) is 45.0 Å². The molecule has 4 aliphatic rings. The second-order valence-electron chi connectivity index (χ2n) is 15.0. The molecule has 14 heteroatoms. The van der Waals surface area contributed by atoms with Crippen LogP contribution in [0.4, 0.5) is 15.8 Å². The molecule has 0 aromatic heterocycles. The van der Waals surface area contributed by atoms with Gasteiger partial charge in [-0.2, -0.15) is 0 Å². The Morgan fingerprint density at radius 2 is 1.89 bits per heavy atom. The number of allylic oxidation sites excluding steroid dienone is 1. The molecule has 3 aromatic carbocycles. The van der Waals surface area contributed by atoms with Gasteiger partial charge in [-0.15, -0.1) is 0 Å². The summed E-state index contributed by atoms with van der Waals surface area (Å²) in [5.74, 6) is 0.314. The molecule has 13 nitrogen and oxygen atoms in total. The van der Waals surface area contributed by atoms with Gasteiger partial charge in [-0.3, -0.25) is 15.3 Å². The molecule has 3 N–H and O–H groups in total. The van der Waals surface area contributed by atoms with Gasteiger partial charge in [-0.05, 0) is 65.9 Å². The van der Waals surface area contributed by atoms with Crippen LogP contribution in [-0.4, -0.2) is 106 Å². The molecule has 0 spiro atoms. The molecular formula is C43H53FN4O9. The molecular weight excluding hydrogens is 735 g/mol. The highest BCUT2D eigenvalue weighted by Gasteiger charge is 2.39. The number of esters is 1. The summed E-state index contributed by atoms with van der Waals surface area (Å²) in [5, 5.41) is 21.1. The van der Waals surface area contributed by atoms with Gasteiger partial charge in [-0.1, -0.05) is 49.4 Å². The summed E-state index contributed by atoms with van der Waals surface area (Å²) in [7, 11) is 1.72. The van der Waals surface area contributed by atoms with Crippen LogP contribution in [0, 0.1) is 17.7 Å². The Balaban J connectivity index is 1.06. The Labute approximate surface area is 333 Å². The molecule has 6 atom stereocenters. The monoisotopic (exact) mass is 788 g/mol. The minimum absolute atomic E-state index is 0.0337. The lowest BCUT2D eigenvalue weighted by atomic mass is 9.85. The van der Waals surface area contributed by atoms with E-state index in [1.807, 2.05) is 61.5 Å². The van der Waals surface area contributed by atoms with Gasteiger partial charge in [0.05, 0.1) is 49.1 Å². The van der Waals surface area contributed by atoms with Crippen LogP contribution < -0.4 is 24.6 Å². The zero-order valence-corrected chi connectivity index (χ0v) is 32.5. The fraction of sp³-hybridized carbons (Fsp3) is 0.465. The summed E-state index contributed by atoms with van der Waals surface area (Å²) in [5.41, 5.74) is 4.28. The lowest BCUT2D eigenvalue weighted by Gasteiger charge is -2.38. The minimum atomic E-state index is -0.547. The standard InChI is InChI=1S/C43H53FN4O9/c1-29-21-32(8-9-33(29)28-55-48(50)51)43(49)57-41-25-45-24-40(54-27-30-7-14-39-38(22-30)46(18-20-53-39)16-4-19-52-2)42(41)31-10-12-36(13-11-31)56-37-15-17-47(26-37)35-6-3-5-34(44)23-35/h3,5-14,21-23,29,33,37,40-42,45,50-51H,4,15-20,24-28H2,1-2H3. The van der Waals surface area contributed by atoms with Gasteiger partial charge < -0.3 is 38.8 Å². The Hall–Kier alpha value is -4.54. The molecule has 0 amide bonds. The van der Waals surface area contributed by atoms with E-state index in [-0.39, 0.29) is 47.8 Å². The van der Waals surface area contributed by atoms with Crippen LogP contribution in [0.5, 0.6) is 11.5 Å². The fourth-order valence-electron chi connectivity index (χ4n) is 8.07. The predicted octanol–water partition coefficient (Wildman–Crippen LogP) is 5.66. The third kappa shape index (κ3) is 10.5. The van der Waals surface area contributed by atoms with E-state index in [4.69, 9.17) is 38.9 Å². The first-order valence-corrected chi connectivity index (χ1v) is 19.7. The number of anilines is 2. The molecule has 6 unspecified atom stereocenters. The van der Waals surface area contributed by atoms with E-state index < -0.39 is 12.1 Å². The van der Waals surface area contributed by atoms with Crippen molar-refractivity contribution < 1.29 is 48.1 Å². The number of methoxy groups -OCH3 is 1. The zero-order chi connectivity index (χ0) is 39.7. The minimum Gasteiger partial charge on any atom is -0.490 e. The zero-order valence-electron chi connectivity index (χ0n) is 32.5. The molecule has 0 bridgehead atoms. The quantitative estimate of drug-likeness (QED) is 0.0937. The summed E-state index contributed by atoms with van der Waals surface area (Å²) >= 11 is 0. The first kappa shape index (κ1) is 40.6. The number of carbonyl (C=O) groups is 1. The normalized spacial score (nSPS) is 24.6. The van der Waals surface area contributed by atoms with Gasteiger partial charge in [0.25, 0.3) is 0 Å². The average molecular weight is 789 g/mol. The Kier molecular flexibility index (Phi) is 13.7. The lowest BCUT2D eigenvalue weighted by molar-refractivity contribution is -0.494. The van der Waals surface area contributed by atoms with Crippen LogP contribution in [0.1, 0.15) is 36.8 Å². The first-order valence-electron chi connectivity index (χ1n) is 19.7. The number of nitrogens with one attached hydrogen (secondary N) is 1. The maximum atomic E-state index is 13.9. The van der Waals surface area contributed by atoms with Crippen molar-refractivity contribution in [1.82, 2.24) is 10.7 Å². The Morgan fingerprint density at radius 3 is 2.68 bits per heavy atom. The molecule has 3 heterocycles. The number of ether oxygens (including phenoxy) is 5. The Bertz CT molecular complexity index is 1860. The van der Waals surface area contributed by atoms with Crippen LogP contribution in [0.3, 0.4) is 0 Å². The van der Waals surface area contributed by atoms with Crippen molar-refractivity contribution >= 4 is 17.3 Å². The number of rotatable bonds is 16. The Morgan fingerprint density at radius 1 is 1.05 bits per heavy atom. The van der Waals surface area contributed by atoms with Crippen LogP contribution in [0.2, 0.25) is 0 Å². The molecule has 1 aliphatic carbocycles. The third-order valence-electron chi connectivity index (χ3n) is 11.1. The summed E-state index contributed by atoms with van der Waals surface area (Å²) in [6, 6.07) is 20.8. The number of hydrogen-bond donors (Lipinski definition) is 3. The highest BCUT2D eigenvalue weighted by molar-refractivity contribution is 5.92. The number of hydrogen-bond acceptors (Lipinski definition) is 13. The van der Waals surface area contributed by atoms with Crippen LogP contribution in [0.25, 0.3) is 0 Å². The van der Waals surface area contributed by atoms with Crippen molar-refractivity contribution in [2.75, 3.05) is 76.0 Å². The number of fused-ring (bicyclic) bond motifs is 1. The molecule has 2 saturated heterocycles. The molecule has 0 radical (unpaired) electrons. The SMILES string of the molecule is COCCCN1CCOc2ccc(COC3CNCC(OC(=O)C4=CC(C)C(CON(O)O)C=C4)C3c3ccc(OC4CCN(c5cccc(F)c5)C4)cc3)cc21. The summed E-state index contributed by atoms with van der Waals surface area (Å²) in [6.45, 7) is 7.73. The number of benzene rings is 3. The van der Waals surface area contributed by atoms with Gasteiger partial charge in [-0.25, -0.2) is 9.18 Å². The second kappa shape index (κ2) is 19.3. The molecule has 3 aromatic rings. The maximum Gasteiger partial charge on any atom is 0.338 e. The van der Waals surface area contributed by atoms with E-state index in [1.165, 1.54) is 6.07 Å². The topological polar surface area (TPSA) is 135 Å². The summed E-state index contributed by atoms with van der Waals surface area (Å²) in [4.78, 5) is 23.0. The van der Waals surface area contributed by atoms with Crippen molar-refractivity contribution in [3.63, 3.8) is 0 Å². The molecule has 57 heavy (non-hydrogen) atoms. The number of piperidine rings is 1. The van der Waals surface area contributed by atoms with Crippen molar-refractivity contribution in [3.8, 4) is 11.5 Å². The maximum absolute atomic E-state index is 13.9. The van der Waals surface area contributed by atoms with E-state index in [1.54, 1.807) is 25.3 Å². The second-order valence-corrected chi connectivity index (χ2v) is 15.0. The van der Waals surface area contributed by atoms with Crippen LogP contribution in [0.15, 0.2) is 90.5 Å². The average Bonchev–Trinajstić information content (AvgIpc) is 3.68. The van der Waals surface area contributed by atoms with Gasteiger partial charge in [0, 0.05) is 63.8 Å². The lowest BCUT2D eigenvalue weighted by Crippen LogP contribution is -2.51. The smallest absolute Gasteiger partial charge is 0.338 e. The van der Waals surface area contributed by atoms with E-state index in [2.05, 4.69) is 21.2 Å². The van der Waals surface area contributed by atoms with Gasteiger partial charge in [0.2, 0.25) is 0 Å². The number of carbonyl (C=O) groups excluding carboxylic acids is 1. The molecule has 2 fully saturated rings. The van der Waals surface area contributed by atoms with Crippen molar-refractivity contribution in [1.29, 1.82) is 0 Å². The largest absolute Gasteiger partial charge is 0.490 e. The molecule has 3 aliphatic heterocycles. The van der Waals surface area contributed by atoms with E-state index in [0.717, 1.165) is 66.5 Å². The summed E-state index contributed by atoms with van der Waals surface area (Å²) in [6.07, 6.45) is 6.13. The number of halogens is 1.